The first-order valence-corrected chi connectivity index (χ1v) is 10.0. The van der Waals surface area contributed by atoms with Gasteiger partial charge in [-0.3, -0.25) is 4.79 Å². The number of carboxylic acids is 1. The predicted octanol–water partition coefficient (Wildman–Crippen LogP) is 4.73. The van der Waals surface area contributed by atoms with Gasteiger partial charge in [0.25, 0.3) is 0 Å². The second kappa shape index (κ2) is 8.37. The number of aryl methyl sites for hydroxylation is 1. The quantitative estimate of drug-likeness (QED) is 0.433. The van der Waals surface area contributed by atoms with Gasteiger partial charge in [-0.2, -0.15) is 0 Å². The molecule has 1 N–H and O–H groups in total. The van der Waals surface area contributed by atoms with E-state index in [9.17, 15) is 14.7 Å². The van der Waals surface area contributed by atoms with Gasteiger partial charge in [0.2, 0.25) is 0 Å². The van der Waals surface area contributed by atoms with Crippen molar-refractivity contribution in [1.82, 2.24) is 14.1 Å². The van der Waals surface area contributed by atoms with Crippen LogP contribution in [-0.2, 0) is 13.0 Å². The molecular weight excluding hydrogens is 378 g/mol. The number of carbonyl (C=O) groups excluding carboxylic acids is 1. The number of para-hydroxylation sites is 1. The number of aldehydes is 1. The van der Waals surface area contributed by atoms with Crippen LogP contribution in [0, 0.1) is 0 Å². The van der Waals surface area contributed by atoms with Crippen molar-refractivity contribution in [2.45, 2.75) is 32.7 Å². The van der Waals surface area contributed by atoms with Gasteiger partial charge in [0, 0.05) is 24.0 Å². The zero-order valence-corrected chi connectivity index (χ0v) is 16.8. The van der Waals surface area contributed by atoms with Crippen molar-refractivity contribution in [2.24, 2.45) is 0 Å². The molecule has 4 aromatic rings. The van der Waals surface area contributed by atoms with Gasteiger partial charge in [-0.1, -0.05) is 37.6 Å². The van der Waals surface area contributed by atoms with E-state index in [1.54, 1.807) is 16.8 Å². The second-order valence-corrected chi connectivity index (χ2v) is 7.31. The van der Waals surface area contributed by atoms with E-state index >= 15 is 0 Å². The Labute approximate surface area is 174 Å². The highest BCUT2D eigenvalue weighted by Gasteiger charge is 2.17. The van der Waals surface area contributed by atoms with Gasteiger partial charge in [-0.25, -0.2) is 9.78 Å². The molecule has 0 aliphatic carbocycles. The number of aromatic carboxylic acids is 1. The number of carbonyl (C=O) groups is 2. The van der Waals surface area contributed by atoms with Crippen molar-refractivity contribution >= 4 is 23.2 Å². The molecule has 0 bridgehead atoms. The van der Waals surface area contributed by atoms with Crippen LogP contribution in [0.2, 0.25) is 0 Å². The molecule has 2 aromatic heterocycles. The number of imidazole rings is 1. The summed E-state index contributed by atoms with van der Waals surface area (Å²) < 4.78 is 3.69. The fourth-order valence-electron chi connectivity index (χ4n) is 3.80. The number of rotatable bonds is 8. The molecule has 30 heavy (non-hydrogen) atoms. The highest BCUT2D eigenvalue weighted by Crippen LogP contribution is 2.26. The van der Waals surface area contributed by atoms with Crippen LogP contribution in [0.1, 0.15) is 52.1 Å². The van der Waals surface area contributed by atoms with E-state index in [4.69, 9.17) is 0 Å². The van der Waals surface area contributed by atoms with Crippen LogP contribution in [0.3, 0.4) is 0 Å². The normalized spacial score (nSPS) is 11.1. The summed E-state index contributed by atoms with van der Waals surface area (Å²) in [5.74, 6) is -0.0802. The van der Waals surface area contributed by atoms with Gasteiger partial charge in [0.1, 0.15) is 17.2 Å². The highest BCUT2D eigenvalue weighted by molar-refractivity contribution is 5.96. The van der Waals surface area contributed by atoms with E-state index in [1.165, 1.54) is 0 Å². The third-order valence-electron chi connectivity index (χ3n) is 5.28. The molecule has 0 saturated heterocycles. The van der Waals surface area contributed by atoms with Crippen LogP contribution in [0.4, 0.5) is 0 Å². The van der Waals surface area contributed by atoms with Crippen LogP contribution in [0.25, 0.3) is 16.6 Å². The lowest BCUT2D eigenvalue weighted by molar-refractivity contribution is 0.0688. The topological polar surface area (TPSA) is 77.1 Å². The van der Waals surface area contributed by atoms with Gasteiger partial charge in [0.15, 0.2) is 6.29 Å². The molecule has 0 atom stereocenters. The average molecular weight is 401 g/mol. The van der Waals surface area contributed by atoms with Gasteiger partial charge < -0.3 is 14.2 Å². The number of fused-ring (bicyclic) bond motifs is 1. The number of carboxylic acid groups (broad SMARTS) is 1. The summed E-state index contributed by atoms with van der Waals surface area (Å²) in [7, 11) is 0. The molecule has 152 valence electrons. The van der Waals surface area contributed by atoms with Crippen molar-refractivity contribution in [2.75, 3.05) is 0 Å². The number of nitrogens with zero attached hydrogens (tertiary/aromatic N) is 3. The van der Waals surface area contributed by atoms with Crippen LogP contribution >= 0.6 is 0 Å². The SMILES string of the molecule is CCCCc1ncc(C=O)n1Cc1ccc2c(c1)cc(C(=O)O)n2-c1ccccc1. The molecule has 0 radical (unpaired) electrons. The van der Waals surface area contributed by atoms with Crippen molar-refractivity contribution in [3.8, 4) is 5.69 Å². The number of hydrogen-bond acceptors (Lipinski definition) is 3. The first kappa shape index (κ1) is 19.6. The average Bonchev–Trinajstić information content (AvgIpc) is 3.33. The van der Waals surface area contributed by atoms with E-state index in [0.717, 1.165) is 53.5 Å². The Balaban J connectivity index is 1.76. The number of benzene rings is 2. The molecule has 6 heteroatoms. The Morgan fingerprint density at radius 2 is 1.93 bits per heavy atom. The lowest BCUT2D eigenvalue weighted by Crippen LogP contribution is -2.08. The largest absolute Gasteiger partial charge is 0.477 e. The molecule has 0 amide bonds. The van der Waals surface area contributed by atoms with E-state index in [2.05, 4.69) is 11.9 Å². The Bertz CT molecular complexity index is 1210. The predicted molar refractivity (Wildman–Crippen MR) is 116 cm³/mol. The fraction of sp³-hybridized carbons (Fsp3) is 0.208. The van der Waals surface area contributed by atoms with E-state index in [-0.39, 0.29) is 5.69 Å². The zero-order valence-electron chi connectivity index (χ0n) is 16.8. The maximum absolute atomic E-state index is 11.9. The molecule has 0 saturated carbocycles. The van der Waals surface area contributed by atoms with Crippen molar-refractivity contribution in [3.05, 3.63) is 83.6 Å². The van der Waals surface area contributed by atoms with Gasteiger partial charge in [-0.15, -0.1) is 0 Å². The summed E-state index contributed by atoms with van der Waals surface area (Å²) in [4.78, 5) is 27.7. The molecular formula is C24H23N3O3. The van der Waals surface area contributed by atoms with Crippen LogP contribution in [0.15, 0.2) is 60.8 Å². The van der Waals surface area contributed by atoms with Crippen LogP contribution in [-0.4, -0.2) is 31.5 Å². The minimum atomic E-state index is -0.976. The summed E-state index contributed by atoms with van der Waals surface area (Å²) in [6.45, 7) is 2.64. The Kier molecular flexibility index (Phi) is 5.48. The van der Waals surface area contributed by atoms with Crippen molar-refractivity contribution in [1.29, 1.82) is 0 Å². The summed E-state index contributed by atoms with van der Waals surface area (Å²) in [6, 6.07) is 17.1. The Hall–Kier alpha value is -3.67. The summed E-state index contributed by atoms with van der Waals surface area (Å²) in [6.07, 6.45) is 5.33. The molecule has 0 aliphatic rings. The molecule has 6 nitrogen and oxygen atoms in total. The number of aromatic nitrogens is 3. The second-order valence-electron chi connectivity index (χ2n) is 7.31. The van der Waals surface area contributed by atoms with Gasteiger partial charge in [0.05, 0.1) is 11.7 Å². The number of hydrogen-bond donors (Lipinski definition) is 1. The standard InChI is InChI=1S/C24H23N3O3/c1-2-3-9-23-25-14-20(16-28)26(23)15-17-10-11-21-18(12-17)13-22(24(29)30)27(21)19-7-5-4-6-8-19/h4-8,10-14,16H,2-3,9,15H2,1H3,(H,29,30). The van der Waals surface area contributed by atoms with E-state index in [0.29, 0.717) is 12.2 Å². The minimum absolute atomic E-state index is 0.216. The van der Waals surface area contributed by atoms with Gasteiger partial charge in [-0.05, 0) is 42.3 Å². The summed E-state index contributed by atoms with van der Waals surface area (Å²) >= 11 is 0. The Morgan fingerprint density at radius 1 is 1.13 bits per heavy atom. The monoisotopic (exact) mass is 401 g/mol. The molecule has 0 unspecified atom stereocenters. The molecule has 0 aliphatic heterocycles. The van der Waals surface area contributed by atoms with Crippen LogP contribution in [0.5, 0.6) is 0 Å². The Morgan fingerprint density at radius 3 is 2.63 bits per heavy atom. The molecule has 0 fully saturated rings. The highest BCUT2D eigenvalue weighted by atomic mass is 16.4. The van der Waals surface area contributed by atoms with Crippen molar-refractivity contribution in [3.63, 3.8) is 0 Å². The number of unbranched alkanes of at least 4 members (excludes halogenated alkanes) is 1. The smallest absolute Gasteiger partial charge is 0.352 e. The minimum Gasteiger partial charge on any atom is -0.477 e. The molecule has 0 spiro atoms. The third kappa shape index (κ3) is 3.64. The van der Waals surface area contributed by atoms with Crippen LogP contribution < -0.4 is 0 Å². The van der Waals surface area contributed by atoms with Crippen molar-refractivity contribution < 1.29 is 14.7 Å². The lowest BCUT2D eigenvalue weighted by atomic mass is 10.1. The lowest BCUT2D eigenvalue weighted by Gasteiger charge is -2.11. The first-order valence-electron chi connectivity index (χ1n) is 10.0. The van der Waals surface area contributed by atoms with Gasteiger partial charge >= 0.3 is 5.97 Å². The maximum atomic E-state index is 11.9. The first-order chi connectivity index (χ1) is 14.6. The molecule has 4 rings (SSSR count). The summed E-state index contributed by atoms with van der Waals surface area (Å²) in [5, 5.41) is 10.6. The molecule has 2 heterocycles. The zero-order chi connectivity index (χ0) is 21.1. The van der Waals surface area contributed by atoms with E-state index < -0.39 is 5.97 Å². The molecule has 2 aromatic carbocycles. The summed E-state index contributed by atoms with van der Waals surface area (Å²) in [5.41, 5.74) is 3.39. The third-order valence-corrected chi connectivity index (χ3v) is 5.28. The fourth-order valence-corrected chi connectivity index (χ4v) is 3.80. The maximum Gasteiger partial charge on any atom is 0.352 e. The van der Waals surface area contributed by atoms with E-state index in [1.807, 2.05) is 53.1 Å².